The lowest BCUT2D eigenvalue weighted by atomic mass is 9.63. The second-order valence-corrected chi connectivity index (χ2v) is 5.51. The van der Waals surface area contributed by atoms with E-state index in [1.807, 2.05) is 6.92 Å². The second kappa shape index (κ2) is 3.21. The Kier molecular flexibility index (Phi) is 2.27. The lowest BCUT2D eigenvalue weighted by Gasteiger charge is -2.50. The number of hydrogen-bond donors (Lipinski definition) is 2. The molecule has 1 saturated carbocycles. The Balaban J connectivity index is 2.00. The third kappa shape index (κ3) is 1.53. The highest BCUT2D eigenvalue weighted by atomic mass is 32.1. The molecule has 14 heavy (non-hydrogen) atoms. The zero-order valence-corrected chi connectivity index (χ0v) is 9.69. The lowest BCUT2D eigenvalue weighted by molar-refractivity contribution is 0.117. The molecule has 78 valence electrons. The van der Waals surface area contributed by atoms with Gasteiger partial charge in [-0.25, -0.2) is 4.98 Å². The van der Waals surface area contributed by atoms with Gasteiger partial charge in [0, 0.05) is 22.9 Å². The number of nitrogens with two attached hydrogens (primary N) is 1. The average molecular weight is 211 g/mol. The maximum absolute atomic E-state index is 5.95. The highest BCUT2D eigenvalue weighted by molar-refractivity contribution is 7.13. The van der Waals surface area contributed by atoms with Crippen LogP contribution in [-0.2, 0) is 0 Å². The van der Waals surface area contributed by atoms with Gasteiger partial charge in [-0.2, -0.15) is 0 Å². The zero-order chi connectivity index (χ0) is 10.3. The summed E-state index contributed by atoms with van der Waals surface area (Å²) in [5.74, 6) is 0. The van der Waals surface area contributed by atoms with E-state index >= 15 is 0 Å². The van der Waals surface area contributed by atoms with Gasteiger partial charge >= 0.3 is 0 Å². The summed E-state index contributed by atoms with van der Waals surface area (Å²) < 4.78 is 0. The van der Waals surface area contributed by atoms with Gasteiger partial charge in [0.2, 0.25) is 0 Å². The molecule has 1 aromatic heterocycles. The number of rotatable bonds is 2. The molecular formula is C10H17N3S. The van der Waals surface area contributed by atoms with Gasteiger partial charge in [0.05, 0.1) is 5.69 Å². The fourth-order valence-electron chi connectivity index (χ4n) is 1.77. The van der Waals surface area contributed by atoms with Crippen LogP contribution in [0, 0.1) is 12.3 Å². The monoisotopic (exact) mass is 211 g/mol. The van der Waals surface area contributed by atoms with Crippen molar-refractivity contribution in [2.75, 3.05) is 5.32 Å². The van der Waals surface area contributed by atoms with Crippen LogP contribution in [0.15, 0.2) is 5.38 Å². The van der Waals surface area contributed by atoms with Crippen LogP contribution in [-0.4, -0.2) is 17.1 Å². The molecule has 0 spiro atoms. The lowest BCUT2D eigenvalue weighted by Crippen LogP contribution is -2.61. The van der Waals surface area contributed by atoms with Crippen molar-refractivity contribution in [1.29, 1.82) is 0 Å². The van der Waals surface area contributed by atoms with Gasteiger partial charge < -0.3 is 11.1 Å². The van der Waals surface area contributed by atoms with Crippen LogP contribution in [0.4, 0.5) is 5.13 Å². The first-order valence-corrected chi connectivity index (χ1v) is 5.82. The summed E-state index contributed by atoms with van der Waals surface area (Å²) in [6.45, 7) is 6.43. The number of nitrogens with one attached hydrogen (secondary N) is 1. The van der Waals surface area contributed by atoms with Crippen molar-refractivity contribution >= 4 is 16.5 Å². The first-order chi connectivity index (χ1) is 6.50. The topological polar surface area (TPSA) is 50.9 Å². The first-order valence-electron chi connectivity index (χ1n) is 4.94. The van der Waals surface area contributed by atoms with Crippen molar-refractivity contribution in [3.63, 3.8) is 0 Å². The summed E-state index contributed by atoms with van der Waals surface area (Å²) in [6.07, 6.45) is 1.05. The molecule has 1 aliphatic rings. The predicted molar refractivity (Wildman–Crippen MR) is 60.6 cm³/mol. The van der Waals surface area contributed by atoms with Crippen molar-refractivity contribution < 1.29 is 0 Å². The molecule has 0 saturated heterocycles. The number of aromatic nitrogens is 1. The maximum Gasteiger partial charge on any atom is 0.183 e. The van der Waals surface area contributed by atoms with Crippen molar-refractivity contribution in [1.82, 2.24) is 4.98 Å². The normalized spacial score (nSPS) is 29.7. The summed E-state index contributed by atoms with van der Waals surface area (Å²) in [4.78, 5) is 4.39. The van der Waals surface area contributed by atoms with E-state index in [9.17, 15) is 0 Å². The van der Waals surface area contributed by atoms with E-state index in [-0.39, 0.29) is 5.41 Å². The molecular weight excluding hydrogens is 194 g/mol. The summed E-state index contributed by atoms with van der Waals surface area (Å²) in [5, 5.41) is 6.53. The third-order valence-electron chi connectivity index (χ3n) is 3.26. The van der Waals surface area contributed by atoms with E-state index in [4.69, 9.17) is 5.73 Å². The number of thiazole rings is 1. The van der Waals surface area contributed by atoms with E-state index in [1.165, 1.54) is 0 Å². The average Bonchev–Trinajstić information content (AvgIpc) is 2.51. The van der Waals surface area contributed by atoms with Crippen LogP contribution in [0.1, 0.15) is 26.0 Å². The minimum Gasteiger partial charge on any atom is -0.358 e. The summed E-state index contributed by atoms with van der Waals surface area (Å²) in [5.41, 5.74) is 7.22. The molecule has 0 bridgehead atoms. The highest BCUT2D eigenvalue weighted by Gasteiger charge is 2.46. The fourth-order valence-corrected chi connectivity index (χ4v) is 2.52. The fraction of sp³-hybridized carbons (Fsp3) is 0.700. The van der Waals surface area contributed by atoms with Gasteiger partial charge in [0.1, 0.15) is 0 Å². The van der Waals surface area contributed by atoms with Crippen LogP contribution in [0.5, 0.6) is 0 Å². The van der Waals surface area contributed by atoms with E-state index in [1.54, 1.807) is 11.3 Å². The van der Waals surface area contributed by atoms with Crippen LogP contribution >= 0.6 is 11.3 Å². The summed E-state index contributed by atoms with van der Waals surface area (Å²) >= 11 is 1.67. The predicted octanol–water partition coefficient (Wildman–Crippen LogP) is 1.99. The Hall–Kier alpha value is -0.610. The standard InChI is InChI=1S/C10H17N3S/c1-6-5-14-9(12-6)13-8-4-7(11)10(8,2)3/h5,7-8H,4,11H2,1-3H3,(H,12,13). The SMILES string of the molecule is Cc1csc(NC2CC(N)C2(C)C)n1. The Labute approximate surface area is 88.7 Å². The number of hydrogen-bond acceptors (Lipinski definition) is 4. The van der Waals surface area contributed by atoms with Gasteiger partial charge in [0.25, 0.3) is 0 Å². The van der Waals surface area contributed by atoms with Crippen molar-refractivity contribution in [3.8, 4) is 0 Å². The van der Waals surface area contributed by atoms with E-state index in [2.05, 4.69) is 29.5 Å². The van der Waals surface area contributed by atoms with Crippen LogP contribution in [0.3, 0.4) is 0 Å². The molecule has 4 heteroatoms. The number of nitrogens with zero attached hydrogens (tertiary/aromatic N) is 1. The minimum absolute atomic E-state index is 0.194. The molecule has 0 aliphatic heterocycles. The highest BCUT2D eigenvalue weighted by Crippen LogP contribution is 2.41. The Bertz CT molecular complexity index is 332. The minimum atomic E-state index is 0.194. The summed E-state index contributed by atoms with van der Waals surface area (Å²) in [7, 11) is 0. The van der Waals surface area contributed by atoms with Crippen LogP contribution < -0.4 is 11.1 Å². The van der Waals surface area contributed by atoms with E-state index in [0.717, 1.165) is 17.2 Å². The number of aryl methyl sites for hydroxylation is 1. The molecule has 0 radical (unpaired) electrons. The van der Waals surface area contributed by atoms with Crippen molar-refractivity contribution in [3.05, 3.63) is 11.1 Å². The summed E-state index contributed by atoms with van der Waals surface area (Å²) in [6, 6.07) is 0.795. The van der Waals surface area contributed by atoms with Crippen molar-refractivity contribution in [2.45, 2.75) is 39.3 Å². The molecule has 1 fully saturated rings. The Morgan fingerprint density at radius 1 is 1.64 bits per heavy atom. The number of anilines is 1. The Morgan fingerprint density at radius 2 is 2.36 bits per heavy atom. The first kappa shape index (κ1) is 9.93. The second-order valence-electron chi connectivity index (χ2n) is 4.65. The van der Waals surface area contributed by atoms with Gasteiger partial charge in [-0.15, -0.1) is 11.3 Å². The quantitative estimate of drug-likeness (QED) is 0.786. The van der Waals surface area contributed by atoms with E-state index < -0.39 is 0 Å². The van der Waals surface area contributed by atoms with Crippen molar-refractivity contribution in [2.24, 2.45) is 11.1 Å². The third-order valence-corrected chi connectivity index (χ3v) is 4.15. The molecule has 1 aromatic rings. The molecule has 1 heterocycles. The van der Waals surface area contributed by atoms with Gasteiger partial charge in [0.15, 0.2) is 5.13 Å². The molecule has 3 N–H and O–H groups in total. The Morgan fingerprint density at radius 3 is 2.79 bits per heavy atom. The van der Waals surface area contributed by atoms with E-state index in [0.29, 0.717) is 12.1 Å². The van der Waals surface area contributed by atoms with Gasteiger partial charge in [-0.3, -0.25) is 0 Å². The van der Waals surface area contributed by atoms with Crippen LogP contribution in [0.2, 0.25) is 0 Å². The molecule has 2 atom stereocenters. The largest absolute Gasteiger partial charge is 0.358 e. The molecule has 1 aliphatic carbocycles. The molecule has 2 unspecified atom stereocenters. The smallest absolute Gasteiger partial charge is 0.183 e. The molecule has 0 amide bonds. The zero-order valence-electron chi connectivity index (χ0n) is 8.87. The van der Waals surface area contributed by atoms with Crippen LogP contribution in [0.25, 0.3) is 0 Å². The maximum atomic E-state index is 5.95. The molecule has 0 aromatic carbocycles. The molecule has 2 rings (SSSR count). The molecule has 3 nitrogen and oxygen atoms in total. The van der Waals surface area contributed by atoms with Gasteiger partial charge in [-0.1, -0.05) is 13.8 Å². The van der Waals surface area contributed by atoms with Gasteiger partial charge in [-0.05, 0) is 13.3 Å².